The maximum absolute atomic E-state index is 12.5. The van der Waals surface area contributed by atoms with Gasteiger partial charge in [0, 0.05) is 6.04 Å². The number of aliphatic hydroxyl groups is 1. The maximum atomic E-state index is 12.5. The van der Waals surface area contributed by atoms with Gasteiger partial charge in [0.1, 0.15) is 6.17 Å². The molecule has 0 heterocycles. The Hall–Kier alpha value is -0.150. The number of hydrogen-bond acceptors (Lipinski definition) is 2. The second-order valence-electron chi connectivity index (χ2n) is 2.66. The molecule has 3 heteroatoms. The average molecular weight is 133 g/mol. The van der Waals surface area contributed by atoms with E-state index in [1.54, 1.807) is 0 Å². The molecule has 54 valence electrons. The lowest BCUT2D eigenvalue weighted by atomic mass is 9.92. The van der Waals surface area contributed by atoms with Gasteiger partial charge in [0.2, 0.25) is 0 Å². The largest absolute Gasteiger partial charge is 0.390 e. The van der Waals surface area contributed by atoms with Gasteiger partial charge in [-0.3, -0.25) is 0 Å². The van der Waals surface area contributed by atoms with E-state index >= 15 is 0 Å². The first kappa shape index (κ1) is 6.96. The van der Waals surface area contributed by atoms with E-state index in [9.17, 15) is 4.39 Å². The zero-order valence-electron chi connectivity index (χ0n) is 5.26. The summed E-state index contributed by atoms with van der Waals surface area (Å²) in [5.74, 6) is 0. The molecule has 9 heavy (non-hydrogen) atoms. The SMILES string of the molecule is NC1CC[C@H](O)[C@@H](F)C1. The molecular weight excluding hydrogens is 121 g/mol. The fourth-order valence-corrected chi connectivity index (χ4v) is 1.13. The van der Waals surface area contributed by atoms with E-state index in [1.807, 2.05) is 0 Å². The molecule has 0 aromatic carbocycles. The molecule has 0 bridgehead atoms. The lowest BCUT2D eigenvalue weighted by molar-refractivity contribution is 0.0378. The van der Waals surface area contributed by atoms with Crippen LogP contribution in [0.5, 0.6) is 0 Å². The average Bonchev–Trinajstić information content (AvgIpc) is 1.80. The first-order chi connectivity index (χ1) is 4.20. The van der Waals surface area contributed by atoms with E-state index in [4.69, 9.17) is 10.8 Å². The molecule has 0 aromatic heterocycles. The van der Waals surface area contributed by atoms with Crippen LogP contribution >= 0.6 is 0 Å². The molecule has 1 saturated carbocycles. The van der Waals surface area contributed by atoms with Gasteiger partial charge >= 0.3 is 0 Å². The number of aliphatic hydroxyl groups excluding tert-OH is 1. The zero-order chi connectivity index (χ0) is 6.85. The van der Waals surface area contributed by atoms with Crippen LogP contribution in [0.4, 0.5) is 4.39 Å². The number of nitrogens with two attached hydrogens (primary N) is 1. The molecule has 0 spiro atoms. The van der Waals surface area contributed by atoms with Gasteiger partial charge in [0.05, 0.1) is 6.10 Å². The van der Waals surface area contributed by atoms with E-state index < -0.39 is 12.3 Å². The van der Waals surface area contributed by atoms with E-state index in [1.165, 1.54) is 0 Å². The maximum Gasteiger partial charge on any atom is 0.127 e. The molecule has 0 aromatic rings. The third-order valence-corrected chi connectivity index (χ3v) is 1.78. The molecule has 0 radical (unpaired) electrons. The summed E-state index contributed by atoms with van der Waals surface area (Å²) in [5, 5.41) is 8.86. The minimum atomic E-state index is -1.09. The molecule has 1 fully saturated rings. The van der Waals surface area contributed by atoms with Crippen LogP contribution < -0.4 is 5.73 Å². The number of hydrogen-bond donors (Lipinski definition) is 2. The minimum Gasteiger partial charge on any atom is -0.390 e. The van der Waals surface area contributed by atoms with Crippen LogP contribution in [0.25, 0.3) is 0 Å². The molecule has 0 saturated heterocycles. The predicted molar refractivity (Wildman–Crippen MR) is 32.7 cm³/mol. The Morgan fingerprint density at radius 2 is 2.11 bits per heavy atom. The van der Waals surface area contributed by atoms with Crippen LogP contribution in [0.3, 0.4) is 0 Å². The highest BCUT2D eigenvalue weighted by atomic mass is 19.1. The van der Waals surface area contributed by atoms with Crippen molar-refractivity contribution < 1.29 is 9.50 Å². The first-order valence-corrected chi connectivity index (χ1v) is 3.28. The summed E-state index contributed by atoms with van der Waals surface area (Å²) in [4.78, 5) is 0. The number of rotatable bonds is 0. The standard InChI is InChI=1S/C6H12FNO/c7-5-3-4(8)1-2-6(5)9/h4-6,9H,1-3,8H2/t4?,5-,6-/m0/s1. The van der Waals surface area contributed by atoms with Gasteiger partial charge in [-0.1, -0.05) is 0 Å². The van der Waals surface area contributed by atoms with Crippen molar-refractivity contribution in [3.05, 3.63) is 0 Å². The minimum absolute atomic E-state index is 0.0385. The summed E-state index contributed by atoms with van der Waals surface area (Å²) in [6.07, 6.45) is -0.260. The van der Waals surface area contributed by atoms with Gasteiger partial charge in [-0.25, -0.2) is 4.39 Å². The second kappa shape index (κ2) is 2.62. The van der Waals surface area contributed by atoms with Crippen molar-refractivity contribution in [3.63, 3.8) is 0 Å². The lowest BCUT2D eigenvalue weighted by Gasteiger charge is -2.25. The van der Waals surface area contributed by atoms with Gasteiger partial charge in [-0.15, -0.1) is 0 Å². The molecule has 0 amide bonds. The molecule has 0 aliphatic heterocycles. The normalized spacial score (nSPS) is 45.0. The summed E-state index contributed by atoms with van der Waals surface area (Å²) in [6.45, 7) is 0. The topological polar surface area (TPSA) is 46.2 Å². The summed E-state index contributed by atoms with van der Waals surface area (Å²) < 4.78 is 12.5. The van der Waals surface area contributed by atoms with Crippen molar-refractivity contribution in [2.24, 2.45) is 5.73 Å². The van der Waals surface area contributed by atoms with Crippen LogP contribution in [0.2, 0.25) is 0 Å². The number of alkyl halides is 1. The van der Waals surface area contributed by atoms with Gasteiger partial charge in [0.15, 0.2) is 0 Å². The van der Waals surface area contributed by atoms with E-state index in [-0.39, 0.29) is 6.04 Å². The number of halogens is 1. The van der Waals surface area contributed by atoms with Gasteiger partial charge in [0.25, 0.3) is 0 Å². The molecule has 3 N–H and O–H groups in total. The Labute approximate surface area is 53.9 Å². The quantitative estimate of drug-likeness (QED) is 0.495. The van der Waals surface area contributed by atoms with Gasteiger partial charge in [-0.05, 0) is 19.3 Å². The van der Waals surface area contributed by atoms with E-state index in [0.29, 0.717) is 12.8 Å². The van der Waals surface area contributed by atoms with Crippen molar-refractivity contribution in [1.29, 1.82) is 0 Å². The fourth-order valence-electron chi connectivity index (χ4n) is 1.13. The summed E-state index contributed by atoms with van der Waals surface area (Å²) in [6, 6.07) is -0.0385. The molecular formula is C6H12FNO. The Bertz CT molecular complexity index is 99.1. The zero-order valence-corrected chi connectivity index (χ0v) is 5.26. The predicted octanol–water partition coefficient (Wildman–Crippen LogP) is 0.197. The smallest absolute Gasteiger partial charge is 0.127 e. The third kappa shape index (κ3) is 1.63. The molecule has 1 rings (SSSR count). The van der Waals surface area contributed by atoms with Crippen LogP contribution in [0, 0.1) is 0 Å². The Morgan fingerprint density at radius 1 is 1.44 bits per heavy atom. The van der Waals surface area contributed by atoms with Gasteiger partial charge in [-0.2, -0.15) is 0 Å². The molecule has 2 nitrogen and oxygen atoms in total. The molecule has 3 atom stereocenters. The van der Waals surface area contributed by atoms with Crippen LogP contribution in [0.15, 0.2) is 0 Å². The molecule has 1 unspecified atom stereocenters. The third-order valence-electron chi connectivity index (χ3n) is 1.78. The van der Waals surface area contributed by atoms with Gasteiger partial charge < -0.3 is 10.8 Å². The highest BCUT2D eigenvalue weighted by Gasteiger charge is 2.26. The van der Waals surface area contributed by atoms with Crippen molar-refractivity contribution in [2.45, 2.75) is 37.6 Å². The highest BCUT2D eigenvalue weighted by molar-refractivity contribution is 4.80. The van der Waals surface area contributed by atoms with Crippen molar-refractivity contribution >= 4 is 0 Å². The fraction of sp³-hybridized carbons (Fsp3) is 1.00. The van der Waals surface area contributed by atoms with E-state index in [2.05, 4.69) is 0 Å². The van der Waals surface area contributed by atoms with Crippen LogP contribution in [-0.4, -0.2) is 23.4 Å². The highest BCUT2D eigenvalue weighted by Crippen LogP contribution is 2.19. The first-order valence-electron chi connectivity index (χ1n) is 3.28. The van der Waals surface area contributed by atoms with Crippen molar-refractivity contribution in [3.8, 4) is 0 Å². The lowest BCUT2D eigenvalue weighted by Crippen LogP contribution is -2.37. The summed E-state index contributed by atoms with van der Waals surface area (Å²) >= 11 is 0. The second-order valence-corrected chi connectivity index (χ2v) is 2.66. The Morgan fingerprint density at radius 3 is 2.56 bits per heavy atom. The van der Waals surface area contributed by atoms with E-state index in [0.717, 1.165) is 6.42 Å². The Kier molecular flexibility index (Phi) is 2.03. The Balaban J connectivity index is 2.35. The monoisotopic (exact) mass is 133 g/mol. The molecule has 1 aliphatic carbocycles. The van der Waals surface area contributed by atoms with Crippen LogP contribution in [-0.2, 0) is 0 Å². The summed E-state index contributed by atoms with van der Waals surface area (Å²) in [5.41, 5.74) is 5.44. The van der Waals surface area contributed by atoms with Crippen molar-refractivity contribution in [1.82, 2.24) is 0 Å². The van der Waals surface area contributed by atoms with Crippen molar-refractivity contribution in [2.75, 3.05) is 0 Å². The van der Waals surface area contributed by atoms with Crippen LogP contribution in [0.1, 0.15) is 19.3 Å². The molecule has 1 aliphatic rings. The summed E-state index contributed by atoms with van der Waals surface area (Å²) in [7, 11) is 0.